The molecule has 5 nitrogen and oxygen atoms in total. The molecule has 0 atom stereocenters. The van der Waals surface area contributed by atoms with Crippen LogP contribution in [0.15, 0.2) is 22.9 Å². The zero-order chi connectivity index (χ0) is 11.7. The number of nitriles is 1. The van der Waals surface area contributed by atoms with Crippen molar-refractivity contribution in [1.82, 2.24) is 5.16 Å². The van der Waals surface area contributed by atoms with Crippen LogP contribution in [0, 0.1) is 18.3 Å². The molecule has 0 saturated heterocycles. The maximum absolute atomic E-state index is 9.60. The Morgan fingerprint density at radius 2 is 2.25 bits per heavy atom. The molecule has 0 spiro atoms. The molecule has 2 aromatic rings. The number of aromatic nitrogens is 1. The second-order valence-electron chi connectivity index (χ2n) is 3.40. The first kappa shape index (κ1) is 10.1. The maximum Gasteiger partial charge on any atom is 0.229 e. The van der Waals surface area contributed by atoms with Crippen LogP contribution in [0.4, 0.5) is 5.88 Å². The van der Waals surface area contributed by atoms with Gasteiger partial charge in [-0.15, -0.1) is 0 Å². The van der Waals surface area contributed by atoms with Crippen molar-refractivity contribution in [1.29, 1.82) is 5.26 Å². The van der Waals surface area contributed by atoms with Crippen LogP contribution in [-0.2, 0) is 0 Å². The Balaban J connectivity index is 2.65. The van der Waals surface area contributed by atoms with E-state index in [4.69, 9.17) is 15.5 Å². The summed E-state index contributed by atoms with van der Waals surface area (Å²) in [5, 5.41) is 22.0. The predicted octanol–water partition coefficient (Wildman–Crippen LogP) is 1.81. The van der Waals surface area contributed by atoms with Gasteiger partial charge in [0.05, 0.1) is 17.3 Å². The highest BCUT2D eigenvalue weighted by Gasteiger charge is 2.12. The van der Waals surface area contributed by atoms with Gasteiger partial charge in [-0.1, -0.05) is 5.16 Å². The third kappa shape index (κ3) is 1.46. The first-order valence-corrected chi connectivity index (χ1v) is 4.57. The summed E-state index contributed by atoms with van der Waals surface area (Å²) < 4.78 is 4.74. The molecular formula is C11H9N3O2. The minimum Gasteiger partial charge on any atom is -0.506 e. The predicted molar refractivity (Wildman–Crippen MR) is 57.5 cm³/mol. The molecule has 0 aliphatic rings. The van der Waals surface area contributed by atoms with Crippen LogP contribution >= 0.6 is 0 Å². The standard InChI is InChI=1S/C11H9N3O2/c1-6-2-7(3-8(4-12)10(6)15)9-5-14-16-11(9)13/h2-3,5,15H,13H2,1H3. The molecule has 0 saturated carbocycles. The summed E-state index contributed by atoms with van der Waals surface area (Å²) >= 11 is 0. The van der Waals surface area contributed by atoms with E-state index >= 15 is 0 Å². The average molecular weight is 215 g/mol. The highest BCUT2D eigenvalue weighted by atomic mass is 16.5. The van der Waals surface area contributed by atoms with Gasteiger partial charge in [-0.25, -0.2) is 0 Å². The van der Waals surface area contributed by atoms with Crippen molar-refractivity contribution in [3.63, 3.8) is 0 Å². The Hall–Kier alpha value is -2.48. The Labute approximate surface area is 91.7 Å². The SMILES string of the molecule is Cc1cc(-c2cnoc2N)cc(C#N)c1O. The molecule has 0 aliphatic heterocycles. The molecule has 1 aromatic heterocycles. The molecule has 0 unspecified atom stereocenters. The van der Waals surface area contributed by atoms with Crippen molar-refractivity contribution in [3.8, 4) is 22.9 Å². The van der Waals surface area contributed by atoms with Crippen LogP contribution in [0.2, 0.25) is 0 Å². The van der Waals surface area contributed by atoms with E-state index < -0.39 is 0 Å². The topological polar surface area (TPSA) is 96.1 Å². The zero-order valence-electron chi connectivity index (χ0n) is 8.56. The number of aromatic hydroxyl groups is 1. The summed E-state index contributed by atoms with van der Waals surface area (Å²) in [7, 11) is 0. The van der Waals surface area contributed by atoms with E-state index in [2.05, 4.69) is 5.16 Å². The second kappa shape index (κ2) is 3.59. The van der Waals surface area contributed by atoms with E-state index in [1.807, 2.05) is 6.07 Å². The van der Waals surface area contributed by atoms with Gasteiger partial charge in [0, 0.05) is 0 Å². The van der Waals surface area contributed by atoms with Gasteiger partial charge in [-0.05, 0) is 30.2 Å². The van der Waals surface area contributed by atoms with Gasteiger partial charge in [0.1, 0.15) is 11.8 Å². The molecule has 1 aromatic carbocycles. The van der Waals surface area contributed by atoms with Crippen molar-refractivity contribution in [3.05, 3.63) is 29.5 Å². The highest BCUT2D eigenvalue weighted by molar-refractivity contribution is 5.75. The number of aryl methyl sites for hydroxylation is 1. The summed E-state index contributed by atoms with van der Waals surface area (Å²) in [6, 6.07) is 5.18. The van der Waals surface area contributed by atoms with Gasteiger partial charge in [-0.2, -0.15) is 5.26 Å². The molecule has 0 aliphatic carbocycles. The van der Waals surface area contributed by atoms with Gasteiger partial charge in [0.25, 0.3) is 0 Å². The van der Waals surface area contributed by atoms with Crippen LogP contribution in [0.3, 0.4) is 0 Å². The number of phenolic OH excluding ortho intramolecular Hbond substituents is 1. The third-order valence-electron chi connectivity index (χ3n) is 2.33. The number of rotatable bonds is 1. The fourth-order valence-corrected chi connectivity index (χ4v) is 1.49. The second-order valence-corrected chi connectivity index (χ2v) is 3.40. The Morgan fingerprint density at radius 3 is 2.81 bits per heavy atom. The molecule has 0 fully saturated rings. The van der Waals surface area contributed by atoms with Crippen molar-refractivity contribution >= 4 is 5.88 Å². The third-order valence-corrected chi connectivity index (χ3v) is 2.33. The minimum absolute atomic E-state index is 0.0127. The number of nitrogen functional groups attached to an aromatic ring is 1. The summed E-state index contributed by atoms with van der Waals surface area (Å²) in [6.45, 7) is 1.71. The number of nitrogens with zero attached hydrogens (tertiary/aromatic N) is 2. The monoisotopic (exact) mass is 215 g/mol. The van der Waals surface area contributed by atoms with E-state index in [9.17, 15) is 5.11 Å². The number of phenols is 1. The van der Waals surface area contributed by atoms with E-state index in [1.54, 1.807) is 19.1 Å². The molecule has 2 rings (SSSR count). The van der Waals surface area contributed by atoms with E-state index in [0.717, 1.165) is 0 Å². The first-order valence-electron chi connectivity index (χ1n) is 4.57. The average Bonchev–Trinajstić information content (AvgIpc) is 2.68. The van der Waals surface area contributed by atoms with Gasteiger partial charge in [0.2, 0.25) is 5.88 Å². The van der Waals surface area contributed by atoms with Gasteiger partial charge >= 0.3 is 0 Å². The normalized spacial score (nSPS) is 10.0. The zero-order valence-corrected chi connectivity index (χ0v) is 8.56. The lowest BCUT2D eigenvalue weighted by Crippen LogP contribution is -1.88. The smallest absolute Gasteiger partial charge is 0.229 e. The fraction of sp³-hybridized carbons (Fsp3) is 0.0909. The number of hydrogen-bond acceptors (Lipinski definition) is 5. The lowest BCUT2D eigenvalue weighted by atomic mass is 10.0. The molecule has 0 bridgehead atoms. The molecule has 0 radical (unpaired) electrons. The maximum atomic E-state index is 9.60. The van der Waals surface area contributed by atoms with Gasteiger partial charge < -0.3 is 15.4 Å². The summed E-state index contributed by atoms with van der Waals surface area (Å²) in [5.41, 5.74) is 7.70. The summed E-state index contributed by atoms with van der Waals surface area (Å²) in [5.74, 6) is 0.176. The van der Waals surface area contributed by atoms with Crippen LogP contribution in [0.25, 0.3) is 11.1 Å². The Kier molecular flexibility index (Phi) is 2.25. The van der Waals surface area contributed by atoms with Crippen molar-refractivity contribution < 1.29 is 9.63 Å². The lowest BCUT2D eigenvalue weighted by molar-refractivity contribution is 0.436. The van der Waals surface area contributed by atoms with Gasteiger partial charge in [-0.3, -0.25) is 0 Å². The molecule has 0 amide bonds. The lowest BCUT2D eigenvalue weighted by Gasteiger charge is -2.04. The van der Waals surface area contributed by atoms with Crippen LogP contribution in [-0.4, -0.2) is 10.3 Å². The quantitative estimate of drug-likeness (QED) is 0.756. The molecular weight excluding hydrogens is 206 g/mol. The highest BCUT2D eigenvalue weighted by Crippen LogP contribution is 2.31. The van der Waals surface area contributed by atoms with Crippen molar-refractivity contribution in [2.45, 2.75) is 6.92 Å². The van der Waals surface area contributed by atoms with E-state index in [-0.39, 0.29) is 17.2 Å². The number of anilines is 1. The molecule has 5 heteroatoms. The number of benzene rings is 1. The largest absolute Gasteiger partial charge is 0.506 e. The molecule has 1 heterocycles. The molecule has 80 valence electrons. The van der Waals surface area contributed by atoms with Crippen molar-refractivity contribution in [2.24, 2.45) is 0 Å². The number of hydrogen-bond donors (Lipinski definition) is 2. The van der Waals surface area contributed by atoms with Crippen LogP contribution < -0.4 is 5.73 Å². The Bertz CT molecular complexity index is 581. The summed E-state index contributed by atoms with van der Waals surface area (Å²) in [4.78, 5) is 0. The van der Waals surface area contributed by atoms with Crippen molar-refractivity contribution in [2.75, 3.05) is 5.73 Å². The van der Waals surface area contributed by atoms with Gasteiger partial charge in [0.15, 0.2) is 0 Å². The molecule has 3 N–H and O–H groups in total. The van der Waals surface area contributed by atoms with Crippen LogP contribution in [0.1, 0.15) is 11.1 Å². The summed E-state index contributed by atoms with van der Waals surface area (Å²) in [6.07, 6.45) is 1.47. The number of nitrogens with two attached hydrogens (primary N) is 1. The Morgan fingerprint density at radius 1 is 1.50 bits per heavy atom. The molecule has 16 heavy (non-hydrogen) atoms. The van der Waals surface area contributed by atoms with Crippen LogP contribution in [0.5, 0.6) is 5.75 Å². The van der Waals surface area contributed by atoms with E-state index in [1.165, 1.54) is 6.20 Å². The fourth-order valence-electron chi connectivity index (χ4n) is 1.49. The van der Waals surface area contributed by atoms with E-state index in [0.29, 0.717) is 16.7 Å². The minimum atomic E-state index is -0.0127. The first-order chi connectivity index (χ1) is 7.63.